The van der Waals surface area contributed by atoms with Crippen LogP contribution in [0.1, 0.15) is 76.1 Å². The first-order valence-electron chi connectivity index (χ1n) is 15.9. The number of halogens is 2. The molecule has 2 amide bonds. The standard InChI is InChI=1S/C36H45F2N3O4/c1-4-14-45-23-31-10-7-13-41(31)36(44)28-12-11-24(3)32(19-28)35(43)40-33(18-27-16-29(37)20-30(38)17-27)34(42)22-39-21-26-9-6-8-25(5-2)15-26/h6,8-9,11-12,15-17,19-20,31,33-34,39,42H,4-5,7,10,13-14,18,21-23H2,1-3H3,(H,40,43)/t31-,33+,34-/m1/s1. The molecular weight excluding hydrogens is 576 g/mol. The first-order chi connectivity index (χ1) is 21.7. The third-order valence-electron chi connectivity index (χ3n) is 8.27. The minimum absolute atomic E-state index is 0.000523. The van der Waals surface area contributed by atoms with E-state index in [1.807, 2.05) is 24.0 Å². The Bertz CT molecular complexity index is 1430. The predicted octanol–water partition coefficient (Wildman–Crippen LogP) is 5.36. The van der Waals surface area contributed by atoms with Gasteiger partial charge in [0.2, 0.25) is 0 Å². The van der Waals surface area contributed by atoms with Crippen molar-refractivity contribution in [2.75, 3.05) is 26.3 Å². The highest BCUT2D eigenvalue weighted by Crippen LogP contribution is 2.22. The Morgan fingerprint density at radius 2 is 1.78 bits per heavy atom. The summed E-state index contributed by atoms with van der Waals surface area (Å²) in [5, 5.41) is 17.3. The van der Waals surface area contributed by atoms with E-state index in [1.54, 1.807) is 25.1 Å². The Morgan fingerprint density at radius 1 is 1.02 bits per heavy atom. The van der Waals surface area contributed by atoms with Crippen LogP contribution in [0.15, 0.2) is 60.7 Å². The fourth-order valence-corrected chi connectivity index (χ4v) is 5.78. The average molecular weight is 622 g/mol. The van der Waals surface area contributed by atoms with E-state index in [9.17, 15) is 23.5 Å². The Morgan fingerprint density at radius 3 is 2.51 bits per heavy atom. The molecule has 3 atom stereocenters. The van der Waals surface area contributed by atoms with Crippen molar-refractivity contribution in [1.29, 1.82) is 0 Å². The molecule has 4 rings (SSSR count). The molecule has 3 aromatic carbocycles. The Balaban J connectivity index is 1.49. The molecule has 7 nitrogen and oxygen atoms in total. The molecule has 3 N–H and O–H groups in total. The van der Waals surface area contributed by atoms with Crippen molar-refractivity contribution in [3.63, 3.8) is 0 Å². The molecule has 0 spiro atoms. The van der Waals surface area contributed by atoms with Gasteiger partial charge in [-0.15, -0.1) is 0 Å². The molecule has 0 saturated carbocycles. The number of aliphatic hydroxyl groups is 1. The molecule has 1 aliphatic rings. The fourth-order valence-electron chi connectivity index (χ4n) is 5.78. The van der Waals surface area contributed by atoms with Gasteiger partial charge < -0.3 is 25.4 Å². The topological polar surface area (TPSA) is 90.9 Å². The lowest BCUT2D eigenvalue weighted by Gasteiger charge is -2.26. The normalized spacial score (nSPS) is 16.0. The molecule has 1 saturated heterocycles. The van der Waals surface area contributed by atoms with Gasteiger partial charge in [-0.25, -0.2) is 8.78 Å². The summed E-state index contributed by atoms with van der Waals surface area (Å²) < 4.78 is 33.8. The maximum absolute atomic E-state index is 14.0. The molecule has 0 aliphatic carbocycles. The molecule has 0 aromatic heterocycles. The molecule has 242 valence electrons. The fraction of sp³-hybridized carbons (Fsp3) is 0.444. The Labute approximate surface area is 265 Å². The van der Waals surface area contributed by atoms with Crippen LogP contribution in [-0.4, -0.2) is 66.3 Å². The highest BCUT2D eigenvalue weighted by molar-refractivity contribution is 6.01. The number of likely N-dealkylation sites (tertiary alicyclic amines) is 1. The van der Waals surface area contributed by atoms with E-state index >= 15 is 0 Å². The van der Waals surface area contributed by atoms with Crippen LogP contribution >= 0.6 is 0 Å². The molecule has 0 bridgehead atoms. The van der Waals surface area contributed by atoms with Crippen LogP contribution in [0.3, 0.4) is 0 Å². The lowest BCUT2D eigenvalue weighted by atomic mass is 9.98. The molecule has 1 heterocycles. The summed E-state index contributed by atoms with van der Waals surface area (Å²) in [5.74, 6) is -2.11. The summed E-state index contributed by atoms with van der Waals surface area (Å²) in [6.07, 6.45) is 2.50. The first-order valence-corrected chi connectivity index (χ1v) is 15.9. The summed E-state index contributed by atoms with van der Waals surface area (Å²) >= 11 is 0. The SMILES string of the molecule is CCCOC[C@H]1CCCN1C(=O)c1ccc(C)c(C(=O)N[C@@H](Cc2cc(F)cc(F)c2)[C@H](O)CNCc2cccc(CC)c2)c1. The second-order valence-electron chi connectivity index (χ2n) is 11.8. The van der Waals surface area contributed by atoms with Gasteiger partial charge in [-0.05, 0) is 85.5 Å². The molecular formula is C36H45F2N3O4. The van der Waals surface area contributed by atoms with Crippen molar-refractivity contribution in [2.24, 2.45) is 0 Å². The number of hydrogen-bond donors (Lipinski definition) is 3. The van der Waals surface area contributed by atoms with Crippen LogP contribution in [0.4, 0.5) is 8.78 Å². The van der Waals surface area contributed by atoms with Crippen molar-refractivity contribution in [3.05, 3.63) is 106 Å². The largest absolute Gasteiger partial charge is 0.390 e. The monoisotopic (exact) mass is 621 g/mol. The smallest absolute Gasteiger partial charge is 0.254 e. The van der Waals surface area contributed by atoms with E-state index in [0.29, 0.717) is 48.6 Å². The lowest BCUT2D eigenvalue weighted by molar-refractivity contribution is 0.0540. The van der Waals surface area contributed by atoms with Crippen LogP contribution in [0.2, 0.25) is 0 Å². The highest BCUT2D eigenvalue weighted by atomic mass is 19.1. The van der Waals surface area contributed by atoms with Crippen molar-refractivity contribution in [2.45, 2.75) is 77.6 Å². The molecule has 3 aromatic rings. The maximum Gasteiger partial charge on any atom is 0.254 e. The van der Waals surface area contributed by atoms with Crippen LogP contribution in [-0.2, 0) is 24.1 Å². The number of amides is 2. The average Bonchev–Trinajstić information content (AvgIpc) is 3.49. The number of nitrogens with zero attached hydrogens (tertiary/aromatic N) is 1. The second-order valence-corrected chi connectivity index (χ2v) is 11.8. The Hall–Kier alpha value is -3.66. The second kappa shape index (κ2) is 16.6. The van der Waals surface area contributed by atoms with Gasteiger partial charge in [0.1, 0.15) is 11.6 Å². The van der Waals surface area contributed by atoms with Crippen molar-refractivity contribution in [3.8, 4) is 0 Å². The quantitative estimate of drug-likeness (QED) is 0.199. The number of carbonyl (C=O) groups is 2. The zero-order valence-corrected chi connectivity index (χ0v) is 26.5. The zero-order valence-electron chi connectivity index (χ0n) is 26.5. The highest BCUT2D eigenvalue weighted by Gasteiger charge is 2.30. The lowest BCUT2D eigenvalue weighted by Crippen LogP contribution is -2.48. The number of carbonyl (C=O) groups excluding carboxylic acids is 2. The van der Waals surface area contributed by atoms with E-state index in [0.717, 1.165) is 37.3 Å². The van der Waals surface area contributed by atoms with Gasteiger partial charge in [0.25, 0.3) is 11.8 Å². The van der Waals surface area contributed by atoms with E-state index in [2.05, 4.69) is 29.7 Å². The summed E-state index contributed by atoms with van der Waals surface area (Å²) in [5.41, 5.74) is 3.92. The van der Waals surface area contributed by atoms with Crippen LogP contribution in [0, 0.1) is 18.6 Å². The van der Waals surface area contributed by atoms with E-state index in [-0.39, 0.29) is 24.9 Å². The first kappa shape index (κ1) is 34.2. The molecule has 1 fully saturated rings. The zero-order chi connectivity index (χ0) is 32.3. The maximum atomic E-state index is 14.0. The van der Waals surface area contributed by atoms with Gasteiger partial charge in [0.15, 0.2) is 0 Å². The van der Waals surface area contributed by atoms with E-state index < -0.39 is 29.7 Å². The van der Waals surface area contributed by atoms with Crippen molar-refractivity contribution < 1.29 is 28.2 Å². The van der Waals surface area contributed by atoms with Crippen LogP contribution in [0.25, 0.3) is 0 Å². The third kappa shape index (κ3) is 9.66. The van der Waals surface area contributed by atoms with Gasteiger partial charge in [-0.2, -0.15) is 0 Å². The van der Waals surface area contributed by atoms with E-state index in [4.69, 9.17) is 4.74 Å². The minimum Gasteiger partial charge on any atom is -0.390 e. The van der Waals surface area contributed by atoms with Gasteiger partial charge in [-0.3, -0.25) is 9.59 Å². The molecule has 0 unspecified atom stereocenters. The molecule has 45 heavy (non-hydrogen) atoms. The minimum atomic E-state index is -1.08. The molecule has 1 aliphatic heterocycles. The summed E-state index contributed by atoms with van der Waals surface area (Å²) in [6.45, 7) is 8.29. The van der Waals surface area contributed by atoms with Gasteiger partial charge in [-0.1, -0.05) is 44.2 Å². The number of aryl methyl sites for hydroxylation is 2. The Kier molecular flexibility index (Phi) is 12.6. The third-order valence-corrected chi connectivity index (χ3v) is 8.27. The molecule has 9 heteroatoms. The van der Waals surface area contributed by atoms with Crippen LogP contribution < -0.4 is 10.6 Å². The number of nitrogens with one attached hydrogen (secondary N) is 2. The van der Waals surface area contributed by atoms with Gasteiger partial charge in [0, 0.05) is 43.4 Å². The van der Waals surface area contributed by atoms with Gasteiger partial charge in [0.05, 0.1) is 24.8 Å². The number of aliphatic hydroxyl groups excluding tert-OH is 1. The number of benzene rings is 3. The van der Waals surface area contributed by atoms with Crippen molar-refractivity contribution in [1.82, 2.24) is 15.5 Å². The predicted molar refractivity (Wildman–Crippen MR) is 171 cm³/mol. The number of rotatable bonds is 15. The van der Waals surface area contributed by atoms with Gasteiger partial charge >= 0.3 is 0 Å². The summed E-state index contributed by atoms with van der Waals surface area (Å²) in [7, 11) is 0. The van der Waals surface area contributed by atoms with Crippen molar-refractivity contribution >= 4 is 11.8 Å². The molecule has 0 radical (unpaired) electrons. The van der Waals surface area contributed by atoms with Crippen LogP contribution in [0.5, 0.6) is 0 Å². The summed E-state index contributed by atoms with van der Waals surface area (Å²) in [6, 6.07) is 15.5. The number of hydrogen-bond acceptors (Lipinski definition) is 5. The summed E-state index contributed by atoms with van der Waals surface area (Å²) in [4.78, 5) is 29.0. The number of ether oxygens (including phenoxy) is 1. The van der Waals surface area contributed by atoms with E-state index in [1.165, 1.54) is 17.7 Å².